The molecule has 0 saturated carbocycles. The van der Waals surface area contributed by atoms with Gasteiger partial charge in [-0.25, -0.2) is 4.79 Å². The van der Waals surface area contributed by atoms with Crippen LogP contribution in [0.5, 0.6) is 0 Å². The van der Waals surface area contributed by atoms with Crippen LogP contribution < -0.4 is 11.5 Å². The van der Waals surface area contributed by atoms with Crippen LogP contribution in [0.15, 0.2) is 60.7 Å². The molecule has 2 atom stereocenters. The number of carboxylic acid groups (broad SMARTS) is 1. The summed E-state index contributed by atoms with van der Waals surface area (Å²) < 4.78 is 0. The summed E-state index contributed by atoms with van der Waals surface area (Å²) in [5.74, 6) is -2.28. The number of Topliss-reactive ketones (excluding diaryl/α,β-unsaturated/α-hetero) is 2. The van der Waals surface area contributed by atoms with Crippen molar-refractivity contribution in [2.24, 2.45) is 11.5 Å². The molecule has 136 valence electrons. The van der Waals surface area contributed by atoms with E-state index in [2.05, 4.69) is 0 Å². The minimum Gasteiger partial charge on any atom is -0.480 e. The third-order valence-corrected chi connectivity index (χ3v) is 4.30. The van der Waals surface area contributed by atoms with Crippen LogP contribution >= 0.6 is 0 Å². The fourth-order valence-electron chi connectivity index (χ4n) is 2.71. The summed E-state index contributed by atoms with van der Waals surface area (Å²) in [6, 6.07) is 15.9. The first-order valence-electron chi connectivity index (χ1n) is 8.33. The Morgan fingerprint density at radius 2 is 1.42 bits per heavy atom. The lowest BCUT2D eigenvalue weighted by Gasteiger charge is -2.24. The van der Waals surface area contributed by atoms with Crippen LogP contribution in [-0.4, -0.2) is 34.2 Å². The molecule has 0 heterocycles. The SMILES string of the molecule is N[C@@H](CCC[C@](N)(C(=O)O)C(=O)c1ccccc1)C(=O)c1ccccc1. The Kier molecular flexibility index (Phi) is 6.38. The molecule has 0 aliphatic rings. The Balaban J connectivity index is 2.01. The van der Waals surface area contributed by atoms with Gasteiger partial charge in [-0.3, -0.25) is 9.59 Å². The molecular weight excluding hydrogens is 332 g/mol. The highest BCUT2D eigenvalue weighted by Crippen LogP contribution is 2.20. The molecule has 2 rings (SSSR count). The van der Waals surface area contributed by atoms with E-state index in [4.69, 9.17) is 11.5 Å². The van der Waals surface area contributed by atoms with E-state index in [0.717, 1.165) is 0 Å². The summed E-state index contributed by atoms with van der Waals surface area (Å²) in [6.07, 6.45) is 0.370. The fraction of sp³-hybridized carbons (Fsp3) is 0.250. The molecule has 0 fully saturated rings. The van der Waals surface area contributed by atoms with Crippen molar-refractivity contribution in [3.8, 4) is 0 Å². The van der Waals surface area contributed by atoms with Crippen LogP contribution in [0.3, 0.4) is 0 Å². The maximum atomic E-state index is 12.5. The van der Waals surface area contributed by atoms with E-state index in [1.54, 1.807) is 48.5 Å². The maximum Gasteiger partial charge on any atom is 0.331 e. The van der Waals surface area contributed by atoms with Crippen molar-refractivity contribution >= 4 is 17.5 Å². The number of aliphatic carboxylic acids is 1. The molecule has 0 radical (unpaired) electrons. The first-order valence-corrected chi connectivity index (χ1v) is 8.33. The van der Waals surface area contributed by atoms with Crippen molar-refractivity contribution < 1.29 is 19.5 Å². The average Bonchev–Trinajstić information content (AvgIpc) is 2.67. The zero-order valence-electron chi connectivity index (χ0n) is 14.3. The minimum absolute atomic E-state index is 0.105. The average molecular weight is 354 g/mol. The number of carboxylic acids is 1. The van der Waals surface area contributed by atoms with Crippen molar-refractivity contribution in [1.29, 1.82) is 0 Å². The summed E-state index contributed by atoms with van der Waals surface area (Å²) in [5, 5.41) is 9.47. The van der Waals surface area contributed by atoms with Crippen LogP contribution in [0.2, 0.25) is 0 Å². The largest absolute Gasteiger partial charge is 0.480 e. The molecule has 0 bridgehead atoms. The predicted octanol–water partition coefficient (Wildman–Crippen LogP) is 2.03. The van der Waals surface area contributed by atoms with Crippen molar-refractivity contribution in [2.75, 3.05) is 0 Å². The van der Waals surface area contributed by atoms with Crippen LogP contribution in [0, 0.1) is 0 Å². The zero-order chi connectivity index (χ0) is 19.2. The second-order valence-corrected chi connectivity index (χ2v) is 6.20. The zero-order valence-corrected chi connectivity index (χ0v) is 14.3. The first kappa shape index (κ1) is 19.5. The van der Waals surface area contributed by atoms with Gasteiger partial charge in [0.1, 0.15) is 0 Å². The molecule has 6 heteroatoms. The van der Waals surface area contributed by atoms with Crippen molar-refractivity contribution in [3.63, 3.8) is 0 Å². The highest BCUT2D eigenvalue weighted by molar-refractivity contribution is 6.15. The van der Waals surface area contributed by atoms with Gasteiger partial charge in [-0.1, -0.05) is 60.7 Å². The quantitative estimate of drug-likeness (QED) is 0.468. The molecule has 0 spiro atoms. The van der Waals surface area contributed by atoms with Gasteiger partial charge in [-0.05, 0) is 19.3 Å². The fourth-order valence-corrected chi connectivity index (χ4v) is 2.71. The van der Waals surface area contributed by atoms with E-state index in [1.165, 1.54) is 12.1 Å². The molecular formula is C20H22N2O4. The highest BCUT2D eigenvalue weighted by atomic mass is 16.4. The van der Waals surface area contributed by atoms with Gasteiger partial charge in [0.2, 0.25) is 0 Å². The van der Waals surface area contributed by atoms with E-state index in [-0.39, 0.29) is 30.6 Å². The van der Waals surface area contributed by atoms with Gasteiger partial charge in [0.25, 0.3) is 0 Å². The second-order valence-electron chi connectivity index (χ2n) is 6.20. The normalized spacial score (nSPS) is 14.2. The number of hydrogen-bond acceptors (Lipinski definition) is 5. The van der Waals surface area contributed by atoms with Crippen LogP contribution in [0.25, 0.3) is 0 Å². The van der Waals surface area contributed by atoms with Crippen molar-refractivity contribution in [3.05, 3.63) is 71.8 Å². The van der Waals surface area contributed by atoms with E-state index < -0.39 is 23.3 Å². The number of benzene rings is 2. The highest BCUT2D eigenvalue weighted by Gasteiger charge is 2.42. The molecule has 0 aliphatic heterocycles. The number of carbonyl (C=O) groups is 3. The molecule has 2 aromatic rings. The molecule has 0 amide bonds. The van der Waals surface area contributed by atoms with E-state index in [0.29, 0.717) is 5.56 Å². The number of ketones is 2. The number of nitrogens with two attached hydrogens (primary N) is 2. The van der Waals surface area contributed by atoms with E-state index in [1.807, 2.05) is 0 Å². The Bertz CT molecular complexity index is 777. The standard InChI is InChI=1S/C20H22N2O4/c21-16(17(23)14-8-3-1-4-9-14)12-7-13-20(22,19(25)26)18(24)15-10-5-2-6-11-15/h1-6,8-11,16H,7,12-13,21-22H2,(H,25,26)/t16-,20+/m0/s1. The summed E-state index contributed by atoms with van der Waals surface area (Å²) in [7, 11) is 0. The topological polar surface area (TPSA) is 123 Å². The van der Waals surface area contributed by atoms with Gasteiger partial charge in [0.05, 0.1) is 6.04 Å². The molecule has 0 saturated heterocycles. The number of carbonyl (C=O) groups excluding carboxylic acids is 2. The van der Waals surface area contributed by atoms with Crippen LogP contribution in [0.1, 0.15) is 40.0 Å². The molecule has 5 N–H and O–H groups in total. The third kappa shape index (κ3) is 4.41. The van der Waals surface area contributed by atoms with Crippen LogP contribution in [0.4, 0.5) is 0 Å². The summed E-state index contributed by atoms with van der Waals surface area (Å²) in [6.45, 7) is 0. The van der Waals surface area contributed by atoms with Gasteiger partial charge < -0.3 is 16.6 Å². The Hall–Kier alpha value is -2.83. The van der Waals surface area contributed by atoms with Gasteiger partial charge in [-0.2, -0.15) is 0 Å². The van der Waals surface area contributed by atoms with Gasteiger partial charge >= 0.3 is 5.97 Å². The summed E-state index contributed by atoms with van der Waals surface area (Å²) >= 11 is 0. The first-order chi connectivity index (χ1) is 12.4. The third-order valence-electron chi connectivity index (χ3n) is 4.30. The second kappa shape index (κ2) is 8.51. The monoisotopic (exact) mass is 354 g/mol. The number of hydrogen-bond donors (Lipinski definition) is 3. The maximum absolute atomic E-state index is 12.5. The predicted molar refractivity (Wildman–Crippen MR) is 97.9 cm³/mol. The number of rotatable bonds is 9. The molecule has 6 nitrogen and oxygen atoms in total. The lowest BCUT2D eigenvalue weighted by molar-refractivity contribution is -0.141. The molecule has 26 heavy (non-hydrogen) atoms. The smallest absolute Gasteiger partial charge is 0.331 e. The lowest BCUT2D eigenvalue weighted by Crippen LogP contribution is -2.55. The Morgan fingerprint density at radius 3 is 1.92 bits per heavy atom. The van der Waals surface area contributed by atoms with Gasteiger partial charge in [-0.15, -0.1) is 0 Å². The molecule has 0 unspecified atom stereocenters. The van der Waals surface area contributed by atoms with Gasteiger partial charge in [0, 0.05) is 11.1 Å². The molecule has 0 aliphatic carbocycles. The van der Waals surface area contributed by atoms with Crippen LogP contribution in [-0.2, 0) is 4.79 Å². The molecule has 0 aromatic heterocycles. The molecule has 2 aromatic carbocycles. The Labute approximate surface area is 151 Å². The van der Waals surface area contributed by atoms with E-state index in [9.17, 15) is 19.5 Å². The van der Waals surface area contributed by atoms with Crippen molar-refractivity contribution in [1.82, 2.24) is 0 Å². The lowest BCUT2D eigenvalue weighted by atomic mass is 9.84. The van der Waals surface area contributed by atoms with Crippen molar-refractivity contribution in [2.45, 2.75) is 30.8 Å². The minimum atomic E-state index is -2.04. The summed E-state index contributed by atoms with van der Waals surface area (Å²) in [5.41, 5.74) is 10.5. The summed E-state index contributed by atoms with van der Waals surface area (Å²) in [4.78, 5) is 36.4. The van der Waals surface area contributed by atoms with E-state index >= 15 is 0 Å². The van der Waals surface area contributed by atoms with Gasteiger partial charge in [0.15, 0.2) is 17.1 Å². The Morgan fingerprint density at radius 1 is 0.923 bits per heavy atom.